The van der Waals surface area contributed by atoms with Gasteiger partial charge in [-0.05, 0) is 62.5 Å². The molecule has 0 nitrogen and oxygen atoms in total. The van der Waals surface area contributed by atoms with Crippen molar-refractivity contribution < 1.29 is 0 Å². The third-order valence-electron chi connectivity index (χ3n) is 6.12. The highest BCUT2D eigenvalue weighted by Gasteiger charge is 2.31. The molecule has 2 aromatic carbocycles. The number of hydrogen-bond acceptors (Lipinski definition) is 8. The van der Waals surface area contributed by atoms with E-state index in [0.717, 1.165) is 9.81 Å². The molecule has 0 radical (unpaired) electrons. The van der Waals surface area contributed by atoms with Crippen molar-refractivity contribution in [3.8, 4) is 35.5 Å². The van der Waals surface area contributed by atoms with Crippen LogP contribution in [0.25, 0.3) is 9.81 Å². The molecule has 220 valence electrons. The molecule has 2 aromatic rings. The second-order valence-corrected chi connectivity index (χ2v) is 18.9. The van der Waals surface area contributed by atoms with E-state index < -0.39 is 0 Å². The SMILES string of the molecule is CC#CC.CC#CC1=C(c2ccccc2)S/C(=C2\SC(C#CC3=C(C)SC(=C4SC(C)=C(C)S4)S3)=C(c3ccccc3)S2)S1. The minimum absolute atomic E-state index is 1.13. The topological polar surface area (TPSA) is 0 Å². The molecule has 0 unspecified atom stereocenters. The molecular formula is C36H28S8. The fourth-order valence-electron chi connectivity index (χ4n) is 3.81. The van der Waals surface area contributed by atoms with Crippen LogP contribution in [0.4, 0.5) is 0 Å². The van der Waals surface area contributed by atoms with E-state index in [9.17, 15) is 0 Å². The number of hydrogen-bond donors (Lipinski definition) is 0. The van der Waals surface area contributed by atoms with Crippen LogP contribution in [0.1, 0.15) is 52.7 Å². The molecule has 4 aliphatic heterocycles. The highest BCUT2D eigenvalue weighted by Crippen LogP contribution is 2.63. The lowest BCUT2D eigenvalue weighted by atomic mass is 10.2. The Morgan fingerprint density at radius 1 is 0.386 bits per heavy atom. The van der Waals surface area contributed by atoms with Crippen LogP contribution in [-0.4, -0.2) is 0 Å². The van der Waals surface area contributed by atoms with Gasteiger partial charge < -0.3 is 0 Å². The summed E-state index contributed by atoms with van der Waals surface area (Å²) in [5.41, 5.74) is 2.44. The molecule has 4 aliphatic rings. The van der Waals surface area contributed by atoms with Crippen molar-refractivity contribution in [3.05, 3.63) is 118 Å². The Labute approximate surface area is 296 Å². The average molecular weight is 717 g/mol. The Bertz CT molecular complexity index is 1830. The van der Waals surface area contributed by atoms with Crippen molar-refractivity contribution in [2.45, 2.75) is 41.5 Å². The van der Waals surface area contributed by atoms with Crippen LogP contribution in [0, 0.1) is 35.5 Å². The summed E-state index contributed by atoms with van der Waals surface area (Å²) in [6, 6.07) is 21.3. The number of thioether (sulfide) groups is 8. The summed E-state index contributed by atoms with van der Waals surface area (Å²) in [5.74, 6) is 19.0. The lowest BCUT2D eigenvalue weighted by Gasteiger charge is -2.04. The summed E-state index contributed by atoms with van der Waals surface area (Å²) in [6.07, 6.45) is 0. The Kier molecular flexibility index (Phi) is 12.5. The van der Waals surface area contributed by atoms with Crippen molar-refractivity contribution in [2.75, 3.05) is 0 Å². The van der Waals surface area contributed by atoms with Gasteiger partial charge in [-0.25, -0.2) is 0 Å². The molecule has 0 bridgehead atoms. The fraction of sp³-hybridized carbons (Fsp3) is 0.167. The van der Waals surface area contributed by atoms with Gasteiger partial charge in [-0.3, -0.25) is 0 Å². The van der Waals surface area contributed by atoms with E-state index in [1.54, 1.807) is 23.5 Å². The maximum Gasteiger partial charge on any atom is 0.0777 e. The van der Waals surface area contributed by atoms with E-state index in [-0.39, 0.29) is 0 Å². The largest absolute Gasteiger partial charge is 0.107 e. The van der Waals surface area contributed by atoms with Crippen LogP contribution in [-0.2, 0) is 0 Å². The zero-order valence-corrected chi connectivity index (χ0v) is 31.6. The van der Waals surface area contributed by atoms with E-state index in [1.807, 2.05) is 91.3 Å². The van der Waals surface area contributed by atoms with Crippen molar-refractivity contribution in [2.24, 2.45) is 0 Å². The summed E-state index contributed by atoms with van der Waals surface area (Å²) in [4.78, 5) is 10.0. The van der Waals surface area contributed by atoms with Gasteiger partial charge in [-0.1, -0.05) is 173 Å². The summed E-state index contributed by atoms with van der Waals surface area (Å²) < 4.78 is 5.34. The predicted octanol–water partition coefficient (Wildman–Crippen LogP) is 13.4. The van der Waals surface area contributed by atoms with Crippen LogP contribution in [0.3, 0.4) is 0 Å². The highest BCUT2D eigenvalue weighted by molar-refractivity contribution is 8.37. The molecule has 0 spiro atoms. The molecule has 0 atom stereocenters. The first-order chi connectivity index (χ1) is 21.4. The Morgan fingerprint density at radius 2 is 0.773 bits per heavy atom. The third kappa shape index (κ3) is 8.19. The zero-order chi connectivity index (χ0) is 31.1. The van der Waals surface area contributed by atoms with E-state index in [0.29, 0.717) is 0 Å². The summed E-state index contributed by atoms with van der Waals surface area (Å²) in [6.45, 7) is 12.2. The van der Waals surface area contributed by atoms with Gasteiger partial charge in [0.1, 0.15) is 0 Å². The summed E-state index contributed by atoms with van der Waals surface area (Å²) in [5, 5.41) is 0. The summed E-state index contributed by atoms with van der Waals surface area (Å²) in [7, 11) is 0. The molecule has 0 aliphatic carbocycles. The Morgan fingerprint density at radius 3 is 1.25 bits per heavy atom. The number of rotatable bonds is 2. The van der Waals surface area contributed by atoms with E-state index in [2.05, 4.69) is 117 Å². The van der Waals surface area contributed by atoms with Crippen LogP contribution < -0.4 is 0 Å². The molecule has 6 rings (SSSR count). The van der Waals surface area contributed by atoms with Gasteiger partial charge in [0.25, 0.3) is 0 Å². The molecule has 8 heteroatoms. The van der Waals surface area contributed by atoms with E-state index in [1.165, 1.54) is 57.5 Å². The van der Waals surface area contributed by atoms with Gasteiger partial charge in [0.15, 0.2) is 0 Å². The van der Waals surface area contributed by atoms with E-state index in [4.69, 9.17) is 0 Å². The first kappa shape index (κ1) is 33.7. The van der Waals surface area contributed by atoms with Gasteiger partial charge >= 0.3 is 0 Å². The molecule has 0 saturated carbocycles. The lowest BCUT2D eigenvalue weighted by Crippen LogP contribution is -1.79. The Balaban J connectivity index is 0.000000906. The molecule has 4 heterocycles. The fourth-order valence-corrected chi connectivity index (χ4v) is 14.4. The maximum absolute atomic E-state index is 3.60. The minimum Gasteiger partial charge on any atom is -0.107 e. The van der Waals surface area contributed by atoms with Crippen molar-refractivity contribution in [1.29, 1.82) is 0 Å². The van der Waals surface area contributed by atoms with Crippen LogP contribution >= 0.6 is 94.1 Å². The number of benzene rings is 2. The highest BCUT2D eigenvalue weighted by atomic mass is 32.2. The van der Waals surface area contributed by atoms with Gasteiger partial charge in [-0.15, -0.1) is 17.8 Å². The average Bonchev–Trinajstić information content (AvgIpc) is 3.83. The first-order valence-electron chi connectivity index (χ1n) is 13.6. The first-order valence-corrected chi connectivity index (χ1v) is 20.1. The lowest BCUT2D eigenvalue weighted by molar-refractivity contribution is 1.57. The normalized spacial score (nSPS) is 19.4. The van der Waals surface area contributed by atoms with Crippen molar-refractivity contribution >= 4 is 104 Å². The van der Waals surface area contributed by atoms with Crippen LogP contribution in [0.5, 0.6) is 0 Å². The van der Waals surface area contributed by atoms with Crippen molar-refractivity contribution in [3.63, 3.8) is 0 Å². The van der Waals surface area contributed by atoms with Crippen molar-refractivity contribution in [1.82, 2.24) is 0 Å². The minimum atomic E-state index is 1.13. The zero-order valence-electron chi connectivity index (χ0n) is 25.0. The molecule has 0 aromatic heterocycles. The van der Waals surface area contributed by atoms with Gasteiger partial charge in [0.05, 0.1) is 31.7 Å². The molecule has 44 heavy (non-hydrogen) atoms. The maximum atomic E-state index is 3.60. The molecule has 0 amide bonds. The Hall–Kier alpha value is -1.64. The molecule has 0 saturated heterocycles. The van der Waals surface area contributed by atoms with Crippen LogP contribution in [0.2, 0.25) is 0 Å². The molecular weight excluding hydrogens is 689 g/mol. The monoisotopic (exact) mass is 716 g/mol. The standard InChI is InChI=1S/C32H22S8.C4H6/c1-5-12-25-27(22-13-8-6-9-14-22)39-31(37-25)32-38-26(28(40-32)23-15-10-7-11-16-23)18-17-24-21(4)35-30(36-24)29-33-19(2)20(3)34-29;1-3-4-2/h6-11,13-16H,1-4H3;1-2H3/b32-31+;. The van der Waals surface area contributed by atoms with E-state index >= 15 is 0 Å². The quantitative estimate of drug-likeness (QED) is 0.278. The van der Waals surface area contributed by atoms with Gasteiger partial charge in [0.2, 0.25) is 0 Å². The van der Waals surface area contributed by atoms with Gasteiger partial charge in [0, 0.05) is 14.7 Å². The predicted molar refractivity (Wildman–Crippen MR) is 213 cm³/mol. The second-order valence-electron chi connectivity index (χ2n) is 9.14. The number of allylic oxidation sites excluding steroid dienone is 6. The second kappa shape index (κ2) is 16.3. The van der Waals surface area contributed by atoms with Crippen LogP contribution in [0.15, 0.2) is 107 Å². The van der Waals surface area contributed by atoms with Gasteiger partial charge in [-0.2, -0.15) is 0 Å². The summed E-state index contributed by atoms with van der Waals surface area (Å²) >= 11 is 14.8. The third-order valence-corrected chi connectivity index (χ3v) is 17.4. The smallest absolute Gasteiger partial charge is 0.0777 e. The molecule has 0 N–H and O–H groups in total. The molecule has 0 fully saturated rings.